The van der Waals surface area contributed by atoms with Gasteiger partial charge in [-0.25, -0.2) is 4.39 Å². The largest absolute Gasteiger partial charge is 0.327 e. The maximum Gasteiger partial charge on any atom is 0.127 e. The topological polar surface area (TPSA) is 26.0 Å². The van der Waals surface area contributed by atoms with Crippen LogP contribution >= 0.6 is 23.4 Å². The number of rotatable bonds is 3. The number of hydrogen-bond acceptors (Lipinski definition) is 2. The Hall–Kier alpha value is -1.03. The lowest BCUT2D eigenvalue weighted by atomic mass is 9.89. The molecule has 0 radical (unpaired) electrons. The summed E-state index contributed by atoms with van der Waals surface area (Å²) in [5.74, 6) is 0.936. The number of thioether (sulfide) groups is 1. The predicted octanol–water partition coefficient (Wildman–Crippen LogP) is 4.24. The Kier molecular flexibility index (Phi) is 4.01. The van der Waals surface area contributed by atoms with Crippen LogP contribution in [0.15, 0.2) is 47.4 Å². The molecule has 0 saturated heterocycles. The molecule has 0 amide bonds. The van der Waals surface area contributed by atoms with Crippen LogP contribution < -0.4 is 5.73 Å². The van der Waals surface area contributed by atoms with Gasteiger partial charge in [-0.15, -0.1) is 11.8 Å². The smallest absolute Gasteiger partial charge is 0.127 e. The monoisotopic (exact) mass is 307 g/mol. The van der Waals surface area contributed by atoms with E-state index in [-0.39, 0.29) is 17.8 Å². The second-order valence-corrected chi connectivity index (χ2v) is 6.49. The highest BCUT2D eigenvalue weighted by molar-refractivity contribution is 7.99. The highest BCUT2D eigenvalue weighted by Gasteiger charge is 2.29. The number of hydrogen-bond donors (Lipinski definition) is 1. The van der Waals surface area contributed by atoms with Crippen LogP contribution in [-0.4, -0.2) is 11.8 Å². The molecule has 0 fully saturated rings. The number of benzene rings is 2. The van der Waals surface area contributed by atoms with E-state index >= 15 is 0 Å². The minimum atomic E-state index is -0.271. The Balaban J connectivity index is 1.83. The van der Waals surface area contributed by atoms with Crippen LogP contribution in [0.2, 0.25) is 5.02 Å². The molecule has 2 atom stereocenters. The molecular weight excluding hydrogens is 293 g/mol. The molecule has 2 aromatic carbocycles. The molecule has 0 aromatic heterocycles. The minimum absolute atomic E-state index is 0.124. The molecule has 1 aliphatic rings. The summed E-state index contributed by atoms with van der Waals surface area (Å²) in [5, 5.41) is 0.458. The normalized spacial score (nSPS) is 18.9. The molecule has 20 heavy (non-hydrogen) atoms. The van der Waals surface area contributed by atoms with Crippen molar-refractivity contribution in [2.45, 2.75) is 23.3 Å². The van der Waals surface area contributed by atoms with E-state index < -0.39 is 0 Å². The Morgan fingerprint density at radius 2 is 2.05 bits per heavy atom. The highest BCUT2D eigenvalue weighted by Crippen LogP contribution is 2.41. The van der Waals surface area contributed by atoms with Crippen LogP contribution in [0.1, 0.15) is 17.0 Å². The Morgan fingerprint density at radius 1 is 1.25 bits per heavy atom. The van der Waals surface area contributed by atoms with Crippen molar-refractivity contribution >= 4 is 23.4 Å². The van der Waals surface area contributed by atoms with Crippen LogP contribution in [0, 0.1) is 5.82 Å². The van der Waals surface area contributed by atoms with Crippen molar-refractivity contribution < 1.29 is 4.39 Å². The molecule has 2 unspecified atom stereocenters. The van der Waals surface area contributed by atoms with Crippen molar-refractivity contribution in [1.82, 2.24) is 0 Å². The van der Waals surface area contributed by atoms with E-state index in [1.54, 1.807) is 12.1 Å². The second-order valence-electron chi connectivity index (χ2n) is 5.02. The van der Waals surface area contributed by atoms with Gasteiger partial charge in [-0.05, 0) is 30.2 Å². The fourth-order valence-corrected chi connectivity index (χ4v) is 4.23. The van der Waals surface area contributed by atoms with Crippen molar-refractivity contribution in [3.63, 3.8) is 0 Å². The molecule has 3 rings (SSSR count). The van der Waals surface area contributed by atoms with Gasteiger partial charge >= 0.3 is 0 Å². The summed E-state index contributed by atoms with van der Waals surface area (Å²) in [6.45, 7) is 0. The highest BCUT2D eigenvalue weighted by atomic mass is 35.5. The van der Waals surface area contributed by atoms with Gasteiger partial charge in [0.25, 0.3) is 0 Å². The van der Waals surface area contributed by atoms with E-state index in [4.69, 9.17) is 17.3 Å². The zero-order valence-electron chi connectivity index (χ0n) is 10.9. The first kappa shape index (κ1) is 13.9. The predicted molar refractivity (Wildman–Crippen MR) is 83.0 cm³/mol. The van der Waals surface area contributed by atoms with Crippen molar-refractivity contribution in [3.8, 4) is 0 Å². The molecule has 0 bridgehead atoms. The van der Waals surface area contributed by atoms with E-state index in [0.717, 1.165) is 5.75 Å². The van der Waals surface area contributed by atoms with Gasteiger partial charge in [0, 0.05) is 33.2 Å². The fourth-order valence-electron chi connectivity index (χ4n) is 2.65. The number of fused-ring (bicyclic) bond motifs is 1. The van der Waals surface area contributed by atoms with Crippen molar-refractivity contribution in [2.24, 2.45) is 5.73 Å². The third kappa shape index (κ3) is 2.58. The first-order valence-electron chi connectivity index (χ1n) is 6.57. The zero-order chi connectivity index (χ0) is 14.1. The van der Waals surface area contributed by atoms with Gasteiger partial charge in [0.05, 0.1) is 0 Å². The van der Waals surface area contributed by atoms with Gasteiger partial charge in [0.15, 0.2) is 0 Å². The SMILES string of the molecule is NC(Cc1c(F)cccc1Cl)C1CSc2ccccc21. The molecule has 1 heterocycles. The third-order valence-electron chi connectivity index (χ3n) is 3.76. The molecule has 0 saturated carbocycles. The summed E-state index contributed by atoms with van der Waals surface area (Å²) in [6.07, 6.45) is 0.463. The van der Waals surface area contributed by atoms with E-state index in [2.05, 4.69) is 12.1 Å². The summed E-state index contributed by atoms with van der Waals surface area (Å²) >= 11 is 7.90. The van der Waals surface area contributed by atoms with E-state index in [1.807, 2.05) is 23.9 Å². The molecule has 2 aromatic rings. The van der Waals surface area contributed by atoms with Gasteiger partial charge in [-0.2, -0.15) is 0 Å². The van der Waals surface area contributed by atoms with Gasteiger partial charge in [0.2, 0.25) is 0 Å². The van der Waals surface area contributed by atoms with Crippen LogP contribution in [0.3, 0.4) is 0 Å². The lowest BCUT2D eigenvalue weighted by Gasteiger charge is -2.20. The molecular formula is C16H15ClFNS. The average Bonchev–Trinajstić information content (AvgIpc) is 2.87. The van der Waals surface area contributed by atoms with Gasteiger partial charge in [-0.3, -0.25) is 0 Å². The van der Waals surface area contributed by atoms with E-state index in [9.17, 15) is 4.39 Å². The molecule has 1 aliphatic heterocycles. The molecule has 0 aliphatic carbocycles. The Bertz CT molecular complexity index is 611. The van der Waals surface area contributed by atoms with Crippen molar-refractivity contribution in [1.29, 1.82) is 0 Å². The minimum Gasteiger partial charge on any atom is -0.327 e. The quantitative estimate of drug-likeness (QED) is 0.918. The first-order valence-corrected chi connectivity index (χ1v) is 7.93. The maximum atomic E-state index is 13.8. The Labute approximate surface area is 127 Å². The van der Waals surface area contributed by atoms with Crippen molar-refractivity contribution in [2.75, 3.05) is 5.75 Å². The molecule has 104 valence electrons. The van der Waals surface area contributed by atoms with Crippen LogP contribution in [0.25, 0.3) is 0 Å². The van der Waals surface area contributed by atoms with Crippen LogP contribution in [0.5, 0.6) is 0 Å². The van der Waals surface area contributed by atoms with E-state index in [0.29, 0.717) is 17.0 Å². The van der Waals surface area contributed by atoms with Crippen LogP contribution in [-0.2, 0) is 6.42 Å². The molecule has 1 nitrogen and oxygen atoms in total. The first-order chi connectivity index (χ1) is 9.66. The fraction of sp³-hybridized carbons (Fsp3) is 0.250. The van der Waals surface area contributed by atoms with Crippen molar-refractivity contribution in [3.05, 3.63) is 64.4 Å². The summed E-state index contributed by atoms with van der Waals surface area (Å²) in [6, 6.07) is 12.9. The van der Waals surface area contributed by atoms with E-state index in [1.165, 1.54) is 16.5 Å². The summed E-state index contributed by atoms with van der Waals surface area (Å²) in [7, 11) is 0. The second kappa shape index (κ2) is 5.76. The summed E-state index contributed by atoms with van der Waals surface area (Å²) in [5.41, 5.74) is 8.12. The standard InChI is InChI=1S/C16H15ClFNS/c17-13-5-3-6-14(18)11(13)8-15(19)12-9-20-16-7-2-1-4-10(12)16/h1-7,12,15H,8-9,19H2. The lowest BCUT2D eigenvalue weighted by molar-refractivity contribution is 0.544. The number of nitrogens with two attached hydrogens (primary N) is 1. The van der Waals surface area contributed by atoms with Crippen LogP contribution in [0.4, 0.5) is 4.39 Å². The van der Waals surface area contributed by atoms with Gasteiger partial charge in [-0.1, -0.05) is 35.9 Å². The third-order valence-corrected chi connectivity index (χ3v) is 5.32. The average molecular weight is 308 g/mol. The maximum absolute atomic E-state index is 13.8. The molecule has 0 spiro atoms. The van der Waals surface area contributed by atoms with Gasteiger partial charge in [0.1, 0.15) is 5.82 Å². The number of halogens is 2. The lowest BCUT2D eigenvalue weighted by Crippen LogP contribution is -2.31. The molecule has 2 N–H and O–H groups in total. The zero-order valence-corrected chi connectivity index (χ0v) is 12.4. The summed E-state index contributed by atoms with van der Waals surface area (Å²) in [4.78, 5) is 1.28. The molecule has 4 heteroatoms. The summed E-state index contributed by atoms with van der Waals surface area (Å²) < 4.78 is 13.8. The van der Waals surface area contributed by atoms with Gasteiger partial charge < -0.3 is 5.73 Å². The Morgan fingerprint density at radius 3 is 2.85 bits per heavy atom.